The summed E-state index contributed by atoms with van der Waals surface area (Å²) in [6, 6.07) is 7.02. The summed E-state index contributed by atoms with van der Waals surface area (Å²) in [6.45, 7) is 6.43. The molecule has 20 heavy (non-hydrogen) atoms. The maximum Gasteiger partial charge on any atom is 0.252 e. The fourth-order valence-electron chi connectivity index (χ4n) is 2.00. The molecule has 1 aromatic rings. The van der Waals surface area contributed by atoms with Crippen LogP contribution in [-0.4, -0.2) is 23.0 Å². The van der Waals surface area contributed by atoms with Gasteiger partial charge in [0.25, 0.3) is 5.91 Å². The Morgan fingerprint density at radius 1 is 1.25 bits per heavy atom. The highest BCUT2D eigenvalue weighted by Crippen LogP contribution is 2.18. The SMILES string of the molecule is CCOc1ccc(C(=O)NC(CC)(CC)C(N)=S)cc1. The van der Waals surface area contributed by atoms with E-state index in [0.29, 0.717) is 30.0 Å². The number of thiocarbonyl (C=S) groups is 1. The molecule has 5 heteroatoms. The molecule has 0 heterocycles. The average Bonchev–Trinajstić information content (AvgIpc) is 2.45. The van der Waals surface area contributed by atoms with Crippen LogP contribution in [0, 0.1) is 0 Å². The Labute approximate surface area is 125 Å². The van der Waals surface area contributed by atoms with Gasteiger partial charge in [0.1, 0.15) is 5.75 Å². The zero-order valence-electron chi connectivity index (χ0n) is 12.2. The first-order chi connectivity index (χ1) is 9.49. The predicted molar refractivity (Wildman–Crippen MR) is 85.2 cm³/mol. The van der Waals surface area contributed by atoms with Crippen LogP contribution in [0.5, 0.6) is 5.75 Å². The molecule has 1 amide bonds. The molecule has 0 fully saturated rings. The van der Waals surface area contributed by atoms with Crippen LogP contribution in [0.4, 0.5) is 0 Å². The zero-order valence-corrected chi connectivity index (χ0v) is 13.0. The van der Waals surface area contributed by atoms with Gasteiger partial charge in [-0.2, -0.15) is 0 Å². The Hall–Kier alpha value is -1.62. The van der Waals surface area contributed by atoms with E-state index in [1.807, 2.05) is 20.8 Å². The van der Waals surface area contributed by atoms with E-state index in [1.165, 1.54) is 0 Å². The van der Waals surface area contributed by atoms with Crippen LogP contribution in [-0.2, 0) is 0 Å². The molecule has 0 unspecified atom stereocenters. The molecule has 0 aliphatic rings. The molecule has 0 atom stereocenters. The Kier molecular flexibility index (Phi) is 5.95. The standard InChI is InChI=1S/C15H22N2O2S/c1-4-15(5-2,14(16)20)17-13(18)11-7-9-12(10-8-11)19-6-3/h7-10H,4-6H2,1-3H3,(H2,16,20)(H,17,18). The van der Waals surface area contributed by atoms with Crippen molar-refractivity contribution in [2.45, 2.75) is 39.2 Å². The molecule has 3 N–H and O–H groups in total. The normalized spacial score (nSPS) is 10.9. The number of rotatable bonds is 7. The highest BCUT2D eigenvalue weighted by Gasteiger charge is 2.31. The van der Waals surface area contributed by atoms with Crippen molar-refractivity contribution in [2.24, 2.45) is 5.73 Å². The summed E-state index contributed by atoms with van der Waals surface area (Å²) in [5, 5.41) is 2.95. The van der Waals surface area contributed by atoms with E-state index >= 15 is 0 Å². The van der Waals surface area contributed by atoms with Gasteiger partial charge in [0.15, 0.2) is 0 Å². The Balaban J connectivity index is 2.86. The molecular weight excluding hydrogens is 272 g/mol. The fraction of sp³-hybridized carbons (Fsp3) is 0.467. The van der Waals surface area contributed by atoms with Crippen molar-refractivity contribution in [3.05, 3.63) is 29.8 Å². The second-order valence-electron chi connectivity index (χ2n) is 4.56. The first-order valence-corrected chi connectivity index (χ1v) is 7.25. The molecule has 0 aromatic heterocycles. The number of carbonyl (C=O) groups excluding carboxylic acids is 1. The maximum atomic E-state index is 12.3. The third kappa shape index (κ3) is 3.70. The van der Waals surface area contributed by atoms with Crippen molar-refractivity contribution >= 4 is 23.1 Å². The predicted octanol–water partition coefficient (Wildman–Crippen LogP) is 2.66. The van der Waals surface area contributed by atoms with Crippen molar-refractivity contribution in [3.63, 3.8) is 0 Å². The second-order valence-corrected chi connectivity index (χ2v) is 5.00. The number of hydrogen-bond donors (Lipinski definition) is 2. The van der Waals surface area contributed by atoms with Crippen LogP contribution < -0.4 is 15.8 Å². The van der Waals surface area contributed by atoms with Gasteiger partial charge in [0.05, 0.1) is 17.1 Å². The molecule has 1 rings (SSSR count). The van der Waals surface area contributed by atoms with E-state index in [1.54, 1.807) is 24.3 Å². The molecule has 0 radical (unpaired) electrons. The lowest BCUT2D eigenvalue weighted by atomic mass is 9.92. The van der Waals surface area contributed by atoms with Crippen LogP contribution in [0.15, 0.2) is 24.3 Å². The summed E-state index contributed by atoms with van der Waals surface area (Å²) in [7, 11) is 0. The minimum absolute atomic E-state index is 0.176. The highest BCUT2D eigenvalue weighted by atomic mass is 32.1. The minimum Gasteiger partial charge on any atom is -0.494 e. The van der Waals surface area contributed by atoms with Crippen LogP contribution in [0.25, 0.3) is 0 Å². The first kappa shape index (κ1) is 16.4. The van der Waals surface area contributed by atoms with E-state index in [0.717, 1.165) is 5.75 Å². The highest BCUT2D eigenvalue weighted by molar-refractivity contribution is 7.80. The van der Waals surface area contributed by atoms with Gasteiger partial charge in [-0.3, -0.25) is 4.79 Å². The summed E-state index contributed by atoms with van der Waals surface area (Å²) in [5.74, 6) is 0.570. The molecule has 4 nitrogen and oxygen atoms in total. The van der Waals surface area contributed by atoms with Gasteiger partial charge in [-0.1, -0.05) is 26.1 Å². The van der Waals surface area contributed by atoms with Crippen LogP contribution in [0.1, 0.15) is 44.0 Å². The van der Waals surface area contributed by atoms with Crippen LogP contribution in [0.2, 0.25) is 0 Å². The summed E-state index contributed by atoms with van der Waals surface area (Å²) in [6.07, 6.45) is 1.34. The quantitative estimate of drug-likeness (QED) is 0.759. The van der Waals surface area contributed by atoms with Gasteiger partial charge in [-0.05, 0) is 44.0 Å². The molecule has 0 bridgehead atoms. The summed E-state index contributed by atoms with van der Waals surface area (Å²) in [5.41, 5.74) is 5.73. The Bertz CT molecular complexity index is 467. The third-order valence-electron chi connectivity index (χ3n) is 3.46. The van der Waals surface area contributed by atoms with E-state index in [9.17, 15) is 4.79 Å². The molecule has 0 aliphatic carbocycles. The second kappa shape index (κ2) is 7.24. The van der Waals surface area contributed by atoms with E-state index in [2.05, 4.69) is 5.32 Å². The molecule has 0 saturated heterocycles. The fourth-order valence-corrected chi connectivity index (χ4v) is 2.34. The molecule has 110 valence electrons. The average molecular weight is 294 g/mol. The molecule has 0 spiro atoms. The lowest BCUT2D eigenvalue weighted by molar-refractivity contribution is 0.0920. The van der Waals surface area contributed by atoms with E-state index in [4.69, 9.17) is 22.7 Å². The monoisotopic (exact) mass is 294 g/mol. The van der Waals surface area contributed by atoms with Crippen molar-refractivity contribution in [2.75, 3.05) is 6.61 Å². The Morgan fingerprint density at radius 2 is 1.80 bits per heavy atom. The molecule has 0 saturated carbocycles. The maximum absolute atomic E-state index is 12.3. The van der Waals surface area contributed by atoms with Crippen molar-refractivity contribution < 1.29 is 9.53 Å². The van der Waals surface area contributed by atoms with E-state index < -0.39 is 5.54 Å². The van der Waals surface area contributed by atoms with Crippen molar-refractivity contribution in [3.8, 4) is 5.75 Å². The largest absolute Gasteiger partial charge is 0.494 e. The smallest absolute Gasteiger partial charge is 0.252 e. The minimum atomic E-state index is -0.620. The van der Waals surface area contributed by atoms with Crippen molar-refractivity contribution in [1.29, 1.82) is 0 Å². The lowest BCUT2D eigenvalue weighted by Gasteiger charge is -2.31. The van der Waals surface area contributed by atoms with Gasteiger partial charge >= 0.3 is 0 Å². The topological polar surface area (TPSA) is 64.3 Å². The van der Waals surface area contributed by atoms with Gasteiger partial charge in [-0.25, -0.2) is 0 Å². The lowest BCUT2D eigenvalue weighted by Crippen LogP contribution is -2.55. The van der Waals surface area contributed by atoms with E-state index in [-0.39, 0.29) is 5.91 Å². The number of amides is 1. The Morgan fingerprint density at radius 3 is 2.20 bits per heavy atom. The number of nitrogens with two attached hydrogens (primary N) is 1. The number of hydrogen-bond acceptors (Lipinski definition) is 3. The number of benzene rings is 1. The first-order valence-electron chi connectivity index (χ1n) is 6.84. The van der Waals surface area contributed by atoms with Gasteiger partial charge in [0, 0.05) is 5.56 Å². The third-order valence-corrected chi connectivity index (χ3v) is 3.85. The number of carbonyl (C=O) groups is 1. The summed E-state index contributed by atoms with van der Waals surface area (Å²) in [4.78, 5) is 12.6. The summed E-state index contributed by atoms with van der Waals surface area (Å²) < 4.78 is 5.35. The zero-order chi connectivity index (χ0) is 15.2. The van der Waals surface area contributed by atoms with Gasteiger partial charge in [0.2, 0.25) is 0 Å². The molecule has 0 aliphatic heterocycles. The van der Waals surface area contributed by atoms with Crippen LogP contribution >= 0.6 is 12.2 Å². The molecular formula is C15H22N2O2S. The number of nitrogens with one attached hydrogen (secondary N) is 1. The molecule has 1 aromatic carbocycles. The number of ether oxygens (including phenoxy) is 1. The summed E-state index contributed by atoms with van der Waals surface area (Å²) >= 11 is 5.09. The van der Waals surface area contributed by atoms with Gasteiger partial charge < -0.3 is 15.8 Å². The van der Waals surface area contributed by atoms with Gasteiger partial charge in [-0.15, -0.1) is 0 Å². The van der Waals surface area contributed by atoms with Crippen LogP contribution in [0.3, 0.4) is 0 Å². The van der Waals surface area contributed by atoms with Crippen molar-refractivity contribution in [1.82, 2.24) is 5.32 Å².